The fourth-order valence-corrected chi connectivity index (χ4v) is 2.08. The molecule has 0 aromatic heterocycles. The summed E-state index contributed by atoms with van der Waals surface area (Å²) in [5, 5.41) is 20.0. The van der Waals surface area contributed by atoms with Crippen LogP contribution in [0.15, 0.2) is 18.2 Å². The minimum Gasteiger partial charge on any atom is -0.504 e. The molecule has 1 atom stereocenters. The van der Waals surface area contributed by atoms with Gasteiger partial charge in [-0.2, -0.15) is 0 Å². The lowest BCUT2D eigenvalue weighted by Gasteiger charge is -2.21. The maximum Gasteiger partial charge on any atom is 0.323 e. The third-order valence-electron chi connectivity index (χ3n) is 2.95. The summed E-state index contributed by atoms with van der Waals surface area (Å²) in [6.07, 6.45) is 0. The average molecular weight is 249 g/mol. The second kappa shape index (κ2) is 4.56. The third kappa shape index (κ3) is 1.85. The quantitative estimate of drug-likeness (QED) is 0.758. The molecule has 1 heterocycles. The molecule has 6 nitrogen and oxygen atoms in total. The van der Waals surface area contributed by atoms with E-state index >= 15 is 0 Å². The van der Waals surface area contributed by atoms with Crippen molar-refractivity contribution < 1.29 is 14.6 Å². The Bertz CT molecular complexity index is 501. The van der Waals surface area contributed by atoms with E-state index in [2.05, 4.69) is 5.32 Å². The lowest BCUT2D eigenvalue weighted by atomic mass is 10.0. The molecule has 6 heteroatoms. The molecule has 0 saturated carbocycles. The molecule has 0 spiro atoms. The predicted octanol–water partition coefficient (Wildman–Crippen LogP) is 1.46. The number of hydrogen-bond acceptors (Lipinski definition) is 4. The number of hydrogen-bond donors (Lipinski definition) is 3. The van der Waals surface area contributed by atoms with E-state index in [9.17, 15) is 9.90 Å². The Morgan fingerprint density at radius 3 is 2.83 bits per heavy atom. The molecule has 1 aromatic rings. The minimum atomic E-state index is -0.473. The van der Waals surface area contributed by atoms with Gasteiger partial charge in [0.15, 0.2) is 11.5 Å². The van der Waals surface area contributed by atoms with Crippen LogP contribution in [0.3, 0.4) is 0 Å². The van der Waals surface area contributed by atoms with E-state index in [1.165, 1.54) is 18.1 Å². The van der Waals surface area contributed by atoms with Crippen LogP contribution in [0.5, 0.6) is 11.5 Å². The van der Waals surface area contributed by atoms with Gasteiger partial charge < -0.3 is 14.7 Å². The van der Waals surface area contributed by atoms with Crippen LogP contribution in [-0.2, 0) is 0 Å². The summed E-state index contributed by atoms with van der Waals surface area (Å²) in [6.45, 7) is 2.33. The van der Waals surface area contributed by atoms with E-state index < -0.39 is 6.04 Å². The minimum absolute atomic E-state index is 0.00166. The Kier molecular flexibility index (Phi) is 3.10. The van der Waals surface area contributed by atoms with Crippen LogP contribution in [0.25, 0.3) is 0 Å². The molecule has 18 heavy (non-hydrogen) atoms. The zero-order valence-corrected chi connectivity index (χ0v) is 10.2. The molecule has 2 rings (SSSR count). The molecule has 0 radical (unpaired) electrons. The van der Waals surface area contributed by atoms with Gasteiger partial charge in [0.25, 0.3) is 0 Å². The molecule has 1 saturated heterocycles. The van der Waals surface area contributed by atoms with Gasteiger partial charge in [0, 0.05) is 6.54 Å². The van der Waals surface area contributed by atoms with E-state index in [0.717, 1.165) is 0 Å². The summed E-state index contributed by atoms with van der Waals surface area (Å²) in [5.74, 6) is 0.482. The van der Waals surface area contributed by atoms with Crippen molar-refractivity contribution >= 4 is 11.9 Å². The number of amidine groups is 1. The highest BCUT2D eigenvalue weighted by atomic mass is 16.5. The number of amides is 2. The summed E-state index contributed by atoms with van der Waals surface area (Å²) >= 11 is 0. The second-order valence-electron chi connectivity index (χ2n) is 3.96. The Morgan fingerprint density at radius 2 is 2.28 bits per heavy atom. The number of aromatic hydroxyl groups is 1. The summed E-state index contributed by atoms with van der Waals surface area (Å²) in [4.78, 5) is 13.1. The molecule has 0 aliphatic carbocycles. The number of phenols is 1. The number of ether oxygens (including phenoxy) is 1. The maximum absolute atomic E-state index is 11.6. The molecule has 1 unspecified atom stereocenters. The van der Waals surface area contributed by atoms with Crippen LogP contribution >= 0.6 is 0 Å². The van der Waals surface area contributed by atoms with Crippen molar-refractivity contribution in [1.82, 2.24) is 10.2 Å². The first kappa shape index (κ1) is 12.2. The molecule has 1 aliphatic heterocycles. The topological polar surface area (TPSA) is 85.7 Å². The van der Waals surface area contributed by atoms with Crippen LogP contribution in [0.4, 0.5) is 4.79 Å². The summed E-state index contributed by atoms with van der Waals surface area (Å²) < 4.78 is 4.96. The van der Waals surface area contributed by atoms with E-state index in [1.54, 1.807) is 12.1 Å². The number of likely N-dealkylation sites (N-methyl/N-ethyl adjacent to an activating group) is 1. The van der Waals surface area contributed by atoms with Crippen molar-refractivity contribution in [2.75, 3.05) is 13.7 Å². The smallest absolute Gasteiger partial charge is 0.323 e. The van der Waals surface area contributed by atoms with Crippen molar-refractivity contribution in [2.45, 2.75) is 13.0 Å². The van der Waals surface area contributed by atoms with Crippen LogP contribution in [0.1, 0.15) is 18.5 Å². The lowest BCUT2D eigenvalue weighted by molar-refractivity contribution is 0.209. The summed E-state index contributed by atoms with van der Waals surface area (Å²) in [7, 11) is 1.47. The third-order valence-corrected chi connectivity index (χ3v) is 2.95. The van der Waals surface area contributed by atoms with Crippen LogP contribution in [0, 0.1) is 5.41 Å². The first-order chi connectivity index (χ1) is 8.58. The molecule has 96 valence electrons. The van der Waals surface area contributed by atoms with Gasteiger partial charge in [0.2, 0.25) is 0 Å². The van der Waals surface area contributed by atoms with Crippen LogP contribution < -0.4 is 10.1 Å². The van der Waals surface area contributed by atoms with E-state index in [1.807, 2.05) is 6.92 Å². The predicted molar refractivity (Wildman–Crippen MR) is 66.0 cm³/mol. The fraction of sp³-hybridized carbons (Fsp3) is 0.333. The van der Waals surface area contributed by atoms with Crippen molar-refractivity contribution in [1.29, 1.82) is 5.41 Å². The molecule has 3 N–H and O–H groups in total. The molecule has 2 amide bonds. The number of benzene rings is 1. The molecule has 1 aromatic carbocycles. The van der Waals surface area contributed by atoms with Crippen molar-refractivity contribution in [2.24, 2.45) is 0 Å². The van der Waals surface area contributed by atoms with Crippen molar-refractivity contribution in [3.8, 4) is 11.5 Å². The van der Waals surface area contributed by atoms with Gasteiger partial charge in [0.05, 0.1) is 7.11 Å². The number of carbonyl (C=O) groups excluding carboxylic acids is 1. The first-order valence-corrected chi connectivity index (χ1v) is 5.61. The average Bonchev–Trinajstić information content (AvgIpc) is 2.63. The van der Waals surface area contributed by atoms with Gasteiger partial charge in [-0.25, -0.2) is 4.79 Å². The van der Waals surface area contributed by atoms with E-state index in [-0.39, 0.29) is 17.6 Å². The van der Waals surface area contributed by atoms with E-state index in [4.69, 9.17) is 10.1 Å². The Morgan fingerprint density at radius 1 is 1.56 bits per heavy atom. The molecule has 1 fully saturated rings. The molecular weight excluding hydrogens is 234 g/mol. The number of methoxy groups -OCH3 is 1. The first-order valence-electron chi connectivity index (χ1n) is 5.61. The number of phenolic OH excluding ortho intramolecular Hbond substituents is 1. The van der Waals surface area contributed by atoms with Crippen molar-refractivity contribution in [3.05, 3.63) is 23.8 Å². The number of nitrogens with zero attached hydrogens (tertiary/aromatic N) is 1. The number of carbonyl (C=O) groups is 1. The van der Waals surface area contributed by atoms with E-state index in [0.29, 0.717) is 17.9 Å². The van der Waals surface area contributed by atoms with Crippen LogP contribution in [0.2, 0.25) is 0 Å². The summed E-state index contributed by atoms with van der Waals surface area (Å²) in [5.41, 5.74) is 0.679. The lowest BCUT2D eigenvalue weighted by Crippen LogP contribution is -2.29. The highest BCUT2D eigenvalue weighted by Crippen LogP contribution is 2.32. The Labute approximate surface area is 105 Å². The van der Waals surface area contributed by atoms with Gasteiger partial charge in [-0.1, -0.05) is 6.07 Å². The number of urea groups is 1. The standard InChI is InChI=1S/C12H15N3O3/c1-3-15-10(11(13)14-12(15)17)7-4-5-9(18-2)8(16)6-7/h4-6,10,16H,3H2,1-2H3,(H2,13,14,17). The van der Waals surface area contributed by atoms with Gasteiger partial charge in [-0.05, 0) is 24.6 Å². The normalized spacial score (nSPS) is 19.0. The SMILES string of the molecule is CCN1C(=O)NC(=N)C1c1ccc(OC)c(O)c1. The largest absolute Gasteiger partial charge is 0.504 e. The zero-order valence-electron chi connectivity index (χ0n) is 10.2. The van der Waals surface area contributed by atoms with Gasteiger partial charge in [0.1, 0.15) is 11.9 Å². The Hall–Kier alpha value is -2.24. The zero-order chi connectivity index (χ0) is 13.3. The van der Waals surface area contributed by atoms with Crippen molar-refractivity contribution in [3.63, 3.8) is 0 Å². The fourth-order valence-electron chi connectivity index (χ4n) is 2.08. The van der Waals surface area contributed by atoms with Crippen LogP contribution in [-0.4, -0.2) is 35.5 Å². The van der Waals surface area contributed by atoms with Gasteiger partial charge in [-0.3, -0.25) is 10.7 Å². The summed E-state index contributed by atoms with van der Waals surface area (Å²) in [6, 6.07) is 4.11. The number of nitrogens with one attached hydrogen (secondary N) is 2. The van der Waals surface area contributed by atoms with Gasteiger partial charge >= 0.3 is 6.03 Å². The highest BCUT2D eigenvalue weighted by Gasteiger charge is 2.35. The Balaban J connectivity index is 2.38. The molecule has 0 bridgehead atoms. The van der Waals surface area contributed by atoms with Gasteiger partial charge in [-0.15, -0.1) is 0 Å². The molecular formula is C12H15N3O3. The maximum atomic E-state index is 11.6. The highest BCUT2D eigenvalue weighted by molar-refractivity contribution is 6.06. The molecule has 1 aliphatic rings. The number of rotatable bonds is 3. The monoisotopic (exact) mass is 249 g/mol. The second-order valence-corrected chi connectivity index (χ2v) is 3.96.